The van der Waals surface area contributed by atoms with E-state index in [1.807, 2.05) is 35.2 Å². The molecule has 0 atom stereocenters. The highest BCUT2D eigenvalue weighted by Crippen LogP contribution is 2.35. The number of piperidine rings is 1. The van der Waals surface area contributed by atoms with Crippen LogP contribution in [0.3, 0.4) is 0 Å². The maximum Gasteiger partial charge on any atom is 0.308 e. The fraction of sp³-hybridized carbons (Fsp3) is 0.417. The van der Waals surface area contributed by atoms with Crippen molar-refractivity contribution in [2.75, 3.05) is 18.0 Å². The van der Waals surface area contributed by atoms with Crippen LogP contribution in [0.4, 0.5) is 5.69 Å². The number of hydrogen-bond acceptors (Lipinski definition) is 4. The lowest BCUT2D eigenvalue weighted by Crippen LogP contribution is -2.49. The molecule has 2 aromatic rings. The fourth-order valence-corrected chi connectivity index (χ4v) is 4.14. The Kier molecular flexibility index (Phi) is 7.51. The van der Waals surface area contributed by atoms with Gasteiger partial charge in [0.1, 0.15) is 0 Å². The highest BCUT2D eigenvalue weighted by atomic mass is 35.5. The molecular formula is C24H29ClN2O3. The van der Waals surface area contributed by atoms with Crippen molar-refractivity contribution >= 4 is 29.2 Å². The Morgan fingerprint density at radius 2 is 1.80 bits per heavy atom. The number of rotatable bonds is 6. The van der Waals surface area contributed by atoms with Crippen LogP contribution in [0.1, 0.15) is 39.2 Å². The topological polar surface area (TPSA) is 49.9 Å². The molecule has 160 valence electrons. The van der Waals surface area contributed by atoms with Gasteiger partial charge < -0.3 is 14.5 Å². The van der Waals surface area contributed by atoms with Crippen LogP contribution >= 0.6 is 11.6 Å². The monoisotopic (exact) mass is 428 g/mol. The van der Waals surface area contributed by atoms with Gasteiger partial charge in [-0.1, -0.05) is 41.9 Å². The number of hydrogen-bond donors (Lipinski definition) is 0. The summed E-state index contributed by atoms with van der Waals surface area (Å²) in [4.78, 5) is 29.4. The summed E-state index contributed by atoms with van der Waals surface area (Å²) >= 11 is 6.15. The van der Waals surface area contributed by atoms with Crippen molar-refractivity contribution < 1.29 is 14.3 Å². The van der Waals surface area contributed by atoms with E-state index >= 15 is 0 Å². The second kappa shape index (κ2) is 10.1. The summed E-state index contributed by atoms with van der Waals surface area (Å²) in [7, 11) is 0. The number of likely N-dealkylation sites (tertiary alicyclic amines) is 1. The summed E-state index contributed by atoms with van der Waals surface area (Å²) in [5, 5.41) is 0.458. The molecule has 0 N–H and O–H groups in total. The minimum absolute atomic E-state index is 0.0140. The summed E-state index contributed by atoms with van der Waals surface area (Å²) in [5.74, 6) is -0.133. The van der Waals surface area contributed by atoms with Crippen molar-refractivity contribution in [3.63, 3.8) is 0 Å². The van der Waals surface area contributed by atoms with Crippen molar-refractivity contribution in [1.82, 2.24) is 4.90 Å². The molecule has 1 heterocycles. The summed E-state index contributed by atoms with van der Waals surface area (Å²) in [6.07, 6.45) is 2.01. The maximum absolute atomic E-state index is 13.5. The molecule has 0 bridgehead atoms. The Morgan fingerprint density at radius 3 is 2.40 bits per heavy atom. The first kappa shape index (κ1) is 22.3. The van der Waals surface area contributed by atoms with Gasteiger partial charge >= 0.3 is 5.97 Å². The zero-order valence-electron chi connectivity index (χ0n) is 17.8. The number of esters is 1. The van der Waals surface area contributed by atoms with Gasteiger partial charge in [-0.3, -0.25) is 9.59 Å². The predicted octanol–water partition coefficient (Wildman–Crippen LogP) is 4.71. The summed E-state index contributed by atoms with van der Waals surface area (Å²) in [5.41, 5.74) is 1.55. The normalized spacial score (nSPS) is 15.2. The summed E-state index contributed by atoms with van der Waals surface area (Å²) in [6.45, 7) is 7.58. The lowest BCUT2D eigenvalue weighted by molar-refractivity contribution is -0.132. The molecule has 0 spiro atoms. The van der Waals surface area contributed by atoms with Crippen LogP contribution in [0.5, 0.6) is 5.75 Å². The van der Waals surface area contributed by atoms with E-state index in [-0.39, 0.29) is 18.4 Å². The number of nitrogens with zero attached hydrogens (tertiary/aromatic N) is 2. The third kappa shape index (κ3) is 5.61. The predicted molar refractivity (Wildman–Crippen MR) is 120 cm³/mol. The van der Waals surface area contributed by atoms with E-state index in [0.717, 1.165) is 31.5 Å². The van der Waals surface area contributed by atoms with Crippen molar-refractivity contribution in [3.8, 4) is 5.75 Å². The van der Waals surface area contributed by atoms with Crippen LogP contribution in [-0.4, -0.2) is 41.9 Å². The number of anilines is 1. The smallest absolute Gasteiger partial charge is 0.308 e. The van der Waals surface area contributed by atoms with E-state index in [1.165, 1.54) is 6.92 Å². The van der Waals surface area contributed by atoms with Crippen LogP contribution in [0.15, 0.2) is 48.5 Å². The maximum atomic E-state index is 13.5. The summed E-state index contributed by atoms with van der Waals surface area (Å²) in [6, 6.07) is 15.3. The first-order chi connectivity index (χ1) is 14.3. The third-order valence-corrected chi connectivity index (χ3v) is 5.73. The molecule has 6 heteroatoms. The zero-order chi connectivity index (χ0) is 21.7. The van der Waals surface area contributed by atoms with E-state index in [9.17, 15) is 9.59 Å². The van der Waals surface area contributed by atoms with Crippen molar-refractivity contribution in [3.05, 3.63) is 59.1 Å². The second-order valence-corrected chi connectivity index (χ2v) is 8.43. The largest absolute Gasteiger partial charge is 0.424 e. The van der Waals surface area contributed by atoms with E-state index < -0.39 is 5.97 Å². The highest BCUT2D eigenvalue weighted by Gasteiger charge is 2.31. The molecule has 0 aromatic heterocycles. The molecule has 1 aliphatic rings. The molecular weight excluding hydrogens is 400 g/mol. The fourth-order valence-electron chi connectivity index (χ4n) is 3.97. The molecule has 2 aromatic carbocycles. The molecule has 0 radical (unpaired) electrons. The quantitative estimate of drug-likeness (QED) is 0.493. The number of benzene rings is 2. The molecule has 1 fully saturated rings. The highest BCUT2D eigenvalue weighted by molar-refractivity contribution is 6.30. The van der Waals surface area contributed by atoms with Gasteiger partial charge in [0.05, 0.1) is 12.1 Å². The lowest BCUT2D eigenvalue weighted by Gasteiger charge is -2.40. The average Bonchev–Trinajstić information content (AvgIpc) is 2.70. The molecule has 1 amide bonds. The Hall–Kier alpha value is -2.37. The van der Waals surface area contributed by atoms with Gasteiger partial charge in [-0.2, -0.15) is 0 Å². The van der Waals surface area contributed by atoms with Crippen molar-refractivity contribution in [2.24, 2.45) is 0 Å². The number of amides is 1. The van der Waals surface area contributed by atoms with Crippen molar-refractivity contribution in [2.45, 2.75) is 52.1 Å². The van der Waals surface area contributed by atoms with E-state index in [2.05, 4.69) is 18.7 Å². The molecule has 3 rings (SSSR count). The average molecular weight is 429 g/mol. The van der Waals surface area contributed by atoms with Crippen LogP contribution < -0.4 is 9.64 Å². The van der Waals surface area contributed by atoms with Gasteiger partial charge in [-0.15, -0.1) is 0 Å². The van der Waals surface area contributed by atoms with Crippen LogP contribution in [0.25, 0.3) is 0 Å². The van der Waals surface area contributed by atoms with Gasteiger partial charge in [-0.25, -0.2) is 0 Å². The SMILES string of the molecule is CC(=O)Oc1cc(Cl)ccc1N(C(=O)Cc1ccccc1)C1CCN(C(C)C)CC1. The molecule has 0 saturated carbocycles. The Morgan fingerprint density at radius 1 is 1.13 bits per heavy atom. The van der Waals surface area contributed by atoms with Gasteiger partial charge in [0.2, 0.25) is 5.91 Å². The Balaban J connectivity index is 1.94. The van der Waals surface area contributed by atoms with E-state index in [0.29, 0.717) is 22.5 Å². The Bertz CT molecular complexity index is 877. The first-order valence-electron chi connectivity index (χ1n) is 10.4. The van der Waals surface area contributed by atoms with Gasteiger partial charge in [0, 0.05) is 43.2 Å². The zero-order valence-corrected chi connectivity index (χ0v) is 18.6. The number of carbonyl (C=O) groups is 2. The van der Waals surface area contributed by atoms with Gasteiger partial charge in [0.25, 0.3) is 0 Å². The van der Waals surface area contributed by atoms with Crippen LogP contribution in [0, 0.1) is 0 Å². The van der Waals surface area contributed by atoms with Gasteiger partial charge in [0.15, 0.2) is 5.75 Å². The van der Waals surface area contributed by atoms with E-state index in [1.54, 1.807) is 18.2 Å². The Labute approximate surface area is 183 Å². The molecule has 0 aliphatic carbocycles. The molecule has 1 saturated heterocycles. The minimum Gasteiger partial charge on any atom is -0.424 e. The number of carbonyl (C=O) groups excluding carboxylic acids is 2. The molecule has 30 heavy (non-hydrogen) atoms. The van der Waals surface area contributed by atoms with Crippen LogP contribution in [-0.2, 0) is 16.0 Å². The number of ether oxygens (including phenoxy) is 1. The molecule has 0 unspecified atom stereocenters. The standard InChI is InChI=1S/C24H29ClN2O3/c1-17(2)26-13-11-21(12-14-26)27(24(29)15-19-7-5-4-6-8-19)22-10-9-20(25)16-23(22)30-18(3)28/h4-10,16-17,21H,11-15H2,1-3H3. The molecule has 5 nitrogen and oxygen atoms in total. The second-order valence-electron chi connectivity index (χ2n) is 7.99. The van der Waals surface area contributed by atoms with Crippen molar-refractivity contribution in [1.29, 1.82) is 0 Å². The third-order valence-electron chi connectivity index (χ3n) is 5.50. The van der Waals surface area contributed by atoms with Gasteiger partial charge in [-0.05, 0) is 44.4 Å². The summed E-state index contributed by atoms with van der Waals surface area (Å²) < 4.78 is 5.43. The van der Waals surface area contributed by atoms with E-state index in [4.69, 9.17) is 16.3 Å². The first-order valence-corrected chi connectivity index (χ1v) is 10.8. The molecule has 1 aliphatic heterocycles. The minimum atomic E-state index is -0.441. The van der Waals surface area contributed by atoms with Crippen LogP contribution in [0.2, 0.25) is 5.02 Å². The lowest BCUT2D eigenvalue weighted by atomic mass is 9.99. The number of halogens is 1.